The maximum Gasteiger partial charge on any atom is 0.261 e. The minimum atomic E-state index is -3.65. The molecule has 136 valence electrons. The number of nitrogens with zero attached hydrogens (tertiary/aromatic N) is 1. The predicted octanol–water partition coefficient (Wildman–Crippen LogP) is 3.49. The molecule has 2 aromatic rings. The third-order valence-corrected chi connectivity index (χ3v) is 6.38. The normalized spacial score (nSPS) is 16.9. The van der Waals surface area contributed by atoms with Gasteiger partial charge in [-0.05, 0) is 62.4 Å². The second-order valence-corrected chi connectivity index (χ2v) is 8.81. The molecule has 1 aliphatic heterocycles. The Morgan fingerprint density at radius 3 is 2.54 bits per heavy atom. The fourth-order valence-electron chi connectivity index (χ4n) is 3.35. The molecule has 1 N–H and O–H groups in total. The first-order valence-corrected chi connectivity index (χ1v) is 10.5. The largest absolute Gasteiger partial charge is 0.312 e. The third-order valence-electron chi connectivity index (χ3n) is 4.98. The van der Waals surface area contributed by atoms with Gasteiger partial charge in [0.1, 0.15) is 0 Å². The van der Waals surface area contributed by atoms with E-state index in [1.165, 1.54) is 0 Å². The molecule has 0 aromatic heterocycles. The summed E-state index contributed by atoms with van der Waals surface area (Å²) in [5.41, 5.74) is 3.44. The van der Waals surface area contributed by atoms with Gasteiger partial charge in [0, 0.05) is 18.2 Å². The highest BCUT2D eigenvalue weighted by molar-refractivity contribution is 7.92. The smallest absolute Gasteiger partial charge is 0.261 e. The Labute approximate surface area is 154 Å². The molecule has 0 bridgehead atoms. The van der Waals surface area contributed by atoms with E-state index in [4.69, 9.17) is 0 Å². The van der Waals surface area contributed by atoms with Crippen LogP contribution in [0.2, 0.25) is 0 Å². The molecule has 6 heteroatoms. The van der Waals surface area contributed by atoms with Crippen molar-refractivity contribution in [2.75, 3.05) is 16.2 Å². The monoisotopic (exact) mass is 370 g/mol. The molecule has 0 radical (unpaired) electrons. The van der Waals surface area contributed by atoms with E-state index >= 15 is 0 Å². The number of sulfonamides is 1. The number of fused-ring (bicyclic) bond motifs is 1. The number of amides is 1. The fourth-order valence-corrected chi connectivity index (χ4v) is 4.40. The quantitative estimate of drug-likeness (QED) is 0.896. The van der Waals surface area contributed by atoms with E-state index in [-0.39, 0.29) is 16.7 Å². The van der Waals surface area contributed by atoms with Crippen molar-refractivity contribution in [1.82, 2.24) is 0 Å². The third kappa shape index (κ3) is 3.33. The summed E-state index contributed by atoms with van der Waals surface area (Å²) in [6, 6.07) is 12.2. The van der Waals surface area contributed by atoms with Gasteiger partial charge in [-0.1, -0.05) is 23.8 Å². The number of aryl methyl sites for hydroxylation is 2. The molecule has 1 fully saturated rings. The molecule has 0 unspecified atom stereocenters. The van der Waals surface area contributed by atoms with Crippen LogP contribution >= 0.6 is 0 Å². The van der Waals surface area contributed by atoms with E-state index in [0.717, 1.165) is 42.5 Å². The zero-order chi connectivity index (χ0) is 18.3. The van der Waals surface area contributed by atoms with Crippen LogP contribution in [-0.4, -0.2) is 20.9 Å². The van der Waals surface area contributed by atoms with Gasteiger partial charge in [-0.3, -0.25) is 9.52 Å². The van der Waals surface area contributed by atoms with Crippen molar-refractivity contribution in [1.29, 1.82) is 0 Å². The van der Waals surface area contributed by atoms with Gasteiger partial charge in [-0.2, -0.15) is 0 Å². The van der Waals surface area contributed by atoms with Crippen LogP contribution in [0.4, 0.5) is 11.4 Å². The number of nitrogens with one attached hydrogen (secondary N) is 1. The summed E-state index contributed by atoms with van der Waals surface area (Å²) in [7, 11) is -3.65. The van der Waals surface area contributed by atoms with Crippen molar-refractivity contribution in [3.8, 4) is 0 Å². The highest BCUT2D eigenvalue weighted by atomic mass is 32.2. The first kappa shape index (κ1) is 17.1. The SMILES string of the molecule is Cc1ccc(S(=O)(=O)Nc2ccc3c(c2)N(C(=O)C2CC2)CCC3)cc1. The highest BCUT2D eigenvalue weighted by Crippen LogP contribution is 2.37. The summed E-state index contributed by atoms with van der Waals surface area (Å²) < 4.78 is 27.9. The number of anilines is 2. The molecule has 5 nitrogen and oxygen atoms in total. The van der Waals surface area contributed by atoms with Crippen molar-refractivity contribution in [2.45, 2.75) is 37.5 Å². The fraction of sp³-hybridized carbons (Fsp3) is 0.350. The summed E-state index contributed by atoms with van der Waals surface area (Å²) >= 11 is 0. The van der Waals surface area contributed by atoms with Gasteiger partial charge in [0.25, 0.3) is 10.0 Å². The minimum absolute atomic E-state index is 0.147. The van der Waals surface area contributed by atoms with Gasteiger partial charge in [0.15, 0.2) is 0 Å². The van der Waals surface area contributed by atoms with Gasteiger partial charge in [-0.25, -0.2) is 8.42 Å². The van der Waals surface area contributed by atoms with Crippen molar-refractivity contribution >= 4 is 27.3 Å². The Kier molecular flexibility index (Phi) is 4.23. The van der Waals surface area contributed by atoms with Crippen molar-refractivity contribution < 1.29 is 13.2 Å². The molecule has 2 aliphatic rings. The molecule has 26 heavy (non-hydrogen) atoms. The van der Waals surface area contributed by atoms with Crippen molar-refractivity contribution in [3.05, 3.63) is 53.6 Å². The van der Waals surface area contributed by atoms with Crippen LogP contribution in [0.1, 0.15) is 30.4 Å². The molecule has 0 atom stereocenters. The molecule has 1 aliphatic carbocycles. The Morgan fingerprint density at radius 1 is 1.12 bits per heavy atom. The molecule has 0 spiro atoms. The summed E-state index contributed by atoms with van der Waals surface area (Å²) in [5.74, 6) is 0.318. The van der Waals surface area contributed by atoms with Crippen LogP contribution in [0, 0.1) is 12.8 Å². The number of carbonyl (C=O) groups is 1. The van der Waals surface area contributed by atoms with Crippen LogP contribution in [0.25, 0.3) is 0 Å². The standard InChI is InChI=1S/C20H22N2O3S/c1-14-4-10-18(11-5-14)26(24,25)21-17-9-8-15-3-2-12-22(19(15)13-17)20(23)16-6-7-16/h4-5,8-11,13,16,21H,2-3,6-7,12H2,1H3. The lowest BCUT2D eigenvalue weighted by molar-refractivity contribution is -0.119. The lowest BCUT2D eigenvalue weighted by Gasteiger charge is -2.30. The van der Waals surface area contributed by atoms with Crippen LogP contribution < -0.4 is 9.62 Å². The molecule has 2 aromatic carbocycles. The van der Waals surface area contributed by atoms with E-state index in [1.54, 1.807) is 36.4 Å². The summed E-state index contributed by atoms with van der Waals surface area (Å²) in [6.07, 6.45) is 3.78. The zero-order valence-electron chi connectivity index (χ0n) is 14.7. The summed E-state index contributed by atoms with van der Waals surface area (Å²) in [5, 5.41) is 0. The van der Waals surface area contributed by atoms with Crippen LogP contribution in [0.5, 0.6) is 0 Å². The average Bonchev–Trinajstić information content (AvgIpc) is 3.46. The summed E-state index contributed by atoms with van der Waals surface area (Å²) in [4.78, 5) is 14.6. The Bertz CT molecular complexity index is 948. The van der Waals surface area contributed by atoms with E-state index in [2.05, 4.69) is 4.72 Å². The number of carbonyl (C=O) groups excluding carboxylic acids is 1. The van der Waals surface area contributed by atoms with Crippen LogP contribution in [0.15, 0.2) is 47.4 Å². The second-order valence-electron chi connectivity index (χ2n) is 7.13. The number of rotatable bonds is 4. The van der Waals surface area contributed by atoms with Gasteiger partial charge in [0.05, 0.1) is 10.6 Å². The van der Waals surface area contributed by atoms with Gasteiger partial charge in [0.2, 0.25) is 5.91 Å². The van der Waals surface area contributed by atoms with E-state index in [0.29, 0.717) is 12.2 Å². The predicted molar refractivity (Wildman–Crippen MR) is 102 cm³/mol. The van der Waals surface area contributed by atoms with Crippen LogP contribution in [0.3, 0.4) is 0 Å². The molecular weight excluding hydrogens is 348 g/mol. The Balaban J connectivity index is 1.63. The first-order chi connectivity index (χ1) is 12.4. The Morgan fingerprint density at radius 2 is 1.85 bits per heavy atom. The topological polar surface area (TPSA) is 66.5 Å². The average molecular weight is 370 g/mol. The Hall–Kier alpha value is -2.34. The van der Waals surface area contributed by atoms with E-state index < -0.39 is 10.0 Å². The zero-order valence-corrected chi connectivity index (χ0v) is 15.6. The minimum Gasteiger partial charge on any atom is -0.312 e. The van der Waals surface area contributed by atoms with Crippen LogP contribution in [-0.2, 0) is 21.2 Å². The molecular formula is C20H22N2O3S. The molecule has 1 saturated carbocycles. The van der Waals surface area contributed by atoms with Gasteiger partial charge < -0.3 is 4.90 Å². The highest BCUT2D eigenvalue weighted by Gasteiger charge is 2.35. The maximum absolute atomic E-state index is 12.6. The van der Waals surface area contributed by atoms with Gasteiger partial charge in [-0.15, -0.1) is 0 Å². The lowest BCUT2D eigenvalue weighted by Crippen LogP contribution is -2.36. The molecule has 1 heterocycles. The van der Waals surface area contributed by atoms with Crippen molar-refractivity contribution in [3.63, 3.8) is 0 Å². The molecule has 4 rings (SSSR count). The first-order valence-electron chi connectivity index (χ1n) is 8.98. The van der Waals surface area contributed by atoms with Gasteiger partial charge >= 0.3 is 0 Å². The number of hydrogen-bond acceptors (Lipinski definition) is 3. The number of hydrogen-bond donors (Lipinski definition) is 1. The second kappa shape index (κ2) is 6.43. The number of benzene rings is 2. The molecule has 1 amide bonds. The molecule has 0 saturated heterocycles. The van der Waals surface area contributed by atoms with Crippen molar-refractivity contribution in [2.24, 2.45) is 5.92 Å². The lowest BCUT2D eigenvalue weighted by atomic mass is 10.0. The van der Waals surface area contributed by atoms with E-state index in [9.17, 15) is 13.2 Å². The summed E-state index contributed by atoms with van der Waals surface area (Å²) in [6.45, 7) is 2.62. The maximum atomic E-state index is 12.6. The van der Waals surface area contributed by atoms with E-state index in [1.807, 2.05) is 17.9 Å².